The maximum atomic E-state index is 14.0. The number of halogens is 1. The fourth-order valence-corrected chi connectivity index (χ4v) is 3.94. The van der Waals surface area contributed by atoms with E-state index in [9.17, 15) is 14.3 Å². The SMILES string of the molecule is CCc1cc(O)c(F)cc1-c1ccc2c(-c3nc4c([nH]3)CN(C(N)=O)C4)n[nH]c2c1. The van der Waals surface area contributed by atoms with Gasteiger partial charge in [0.15, 0.2) is 17.4 Å². The monoisotopic (exact) mass is 406 g/mol. The molecule has 0 radical (unpaired) electrons. The van der Waals surface area contributed by atoms with Crippen molar-refractivity contribution >= 4 is 16.9 Å². The number of aromatic amines is 2. The number of aromatic hydroxyl groups is 1. The summed E-state index contributed by atoms with van der Waals surface area (Å²) in [7, 11) is 0. The number of hydrogen-bond acceptors (Lipinski definition) is 4. The highest BCUT2D eigenvalue weighted by molar-refractivity contribution is 5.94. The van der Waals surface area contributed by atoms with Crippen LogP contribution in [0.5, 0.6) is 5.75 Å². The molecule has 0 bridgehead atoms. The maximum absolute atomic E-state index is 14.0. The van der Waals surface area contributed by atoms with Crippen molar-refractivity contribution in [2.24, 2.45) is 5.73 Å². The third kappa shape index (κ3) is 2.78. The number of benzene rings is 2. The molecule has 0 unspecified atom stereocenters. The van der Waals surface area contributed by atoms with Gasteiger partial charge in [0, 0.05) is 5.39 Å². The van der Waals surface area contributed by atoms with Gasteiger partial charge < -0.3 is 20.7 Å². The Hall–Kier alpha value is -3.88. The Morgan fingerprint density at radius 1 is 1.30 bits per heavy atom. The first kappa shape index (κ1) is 18.2. The average molecular weight is 406 g/mol. The average Bonchev–Trinajstić information content (AvgIpc) is 3.41. The van der Waals surface area contributed by atoms with Gasteiger partial charge in [-0.25, -0.2) is 14.2 Å². The van der Waals surface area contributed by atoms with Gasteiger partial charge in [-0.05, 0) is 47.4 Å². The molecule has 30 heavy (non-hydrogen) atoms. The summed E-state index contributed by atoms with van der Waals surface area (Å²) >= 11 is 0. The minimum absolute atomic E-state index is 0.346. The maximum Gasteiger partial charge on any atom is 0.315 e. The fraction of sp³-hybridized carbons (Fsp3) is 0.190. The first-order valence-corrected chi connectivity index (χ1v) is 9.57. The second-order valence-corrected chi connectivity index (χ2v) is 7.35. The molecule has 1 aliphatic rings. The van der Waals surface area contributed by atoms with Gasteiger partial charge in [-0.1, -0.05) is 13.0 Å². The van der Waals surface area contributed by atoms with Crippen LogP contribution in [0.2, 0.25) is 0 Å². The highest BCUT2D eigenvalue weighted by Crippen LogP contribution is 2.34. The minimum atomic E-state index is -0.650. The Morgan fingerprint density at radius 2 is 2.13 bits per heavy atom. The molecule has 0 saturated carbocycles. The van der Waals surface area contributed by atoms with Gasteiger partial charge in [-0.2, -0.15) is 5.10 Å². The topological polar surface area (TPSA) is 124 Å². The molecular weight excluding hydrogens is 387 g/mol. The van der Waals surface area contributed by atoms with Crippen molar-refractivity contribution in [3.05, 3.63) is 53.1 Å². The molecule has 8 nitrogen and oxygen atoms in total. The lowest BCUT2D eigenvalue weighted by atomic mass is 9.96. The van der Waals surface area contributed by atoms with Gasteiger partial charge >= 0.3 is 6.03 Å². The van der Waals surface area contributed by atoms with E-state index >= 15 is 0 Å². The molecule has 0 fully saturated rings. The number of phenols is 1. The van der Waals surface area contributed by atoms with Gasteiger partial charge in [-0.15, -0.1) is 0 Å². The molecule has 2 aromatic heterocycles. The quantitative estimate of drug-likeness (QED) is 0.416. The van der Waals surface area contributed by atoms with Crippen molar-refractivity contribution in [2.75, 3.05) is 0 Å². The summed E-state index contributed by atoms with van der Waals surface area (Å²) < 4.78 is 14.0. The van der Waals surface area contributed by atoms with Crippen LogP contribution in [0.25, 0.3) is 33.5 Å². The summed E-state index contributed by atoms with van der Waals surface area (Å²) in [5, 5.41) is 18.0. The zero-order chi connectivity index (χ0) is 21.0. The number of nitrogens with one attached hydrogen (secondary N) is 2. The second kappa shape index (κ2) is 6.58. The van der Waals surface area contributed by atoms with Gasteiger partial charge in [0.05, 0.1) is 30.0 Å². The Kier molecular flexibility index (Phi) is 3.99. The predicted molar refractivity (Wildman–Crippen MR) is 109 cm³/mol. The molecular formula is C21H19FN6O2. The standard InChI is InChI=1S/C21H19FN6O2/c1-2-10-6-18(29)14(22)7-13(10)11-3-4-12-15(5-11)26-27-19(12)20-24-16-8-28(21(23)30)9-17(16)25-20/h3-7,29H,2,8-9H2,1H3,(H2,23,30)(H,24,25)(H,26,27). The summed E-state index contributed by atoms with van der Waals surface area (Å²) in [6.45, 7) is 2.73. The molecule has 2 aromatic carbocycles. The number of nitrogens with zero attached hydrogens (tertiary/aromatic N) is 3. The minimum Gasteiger partial charge on any atom is -0.505 e. The first-order chi connectivity index (χ1) is 14.4. The molecule has 9 heteroatoms. The number of primary amides is 1. The number of fused-ring (bicyclic) bond motifs is 2. The third-order valence-corrected chi connectivity index (χ3v) is 5.52. The summed E-state index contributed by atoms with van der Waals surface area (Å²) in [4.78, 5) is 20.7. The number of imidazole rings is 1. The van der Waals surface area contributed by atoms with Crippen LogP contribution in [0.3, 0.4) is 0 Å². The van der Waals surface area contributed by atoms with Crippen molar-refractivity contribution in [3.63, 3.8) is 0 Å². The first-order valence-electron chi connectivity index (χ1n) is 9.57. The second-order valence-electron chi connectivity index (χ2n) is 7.35. The fourth-order valence-electron chi connectivity index (χ4n) is 3.94. The van der Waals surface area contributed by atoms with Gasteiger partial charge in [0.2, 0.25) is 0 Å². The molecule has 1 aliphatic heterocycles. The summed E-state index contributed by atoms with van der Waals surface area (Å²) in [5.41, 5.74) is 10.8. The number of urea groups is 1. The van der Waals surface area contributed by atoms with E-state index in [0.717, 1.165) is 39.0 Å². The van der Waals surface area contributed by atoms with Gasteiger partial charge in [-0.3, -0.25) is 5.10 Å². The molecule has 0 spiro atoms. The summed E-state index contributed by atoms with van der Waals surface area (Å²) in [6.07, 6.45) is 0.662. The van der Waals surface area contributed by atoms with Crippen LogP contribution in [0.1, 0.15) is 23.9 Å². The van der Waals surface area contributed by atoms with Crippen LogP contribution < -0.4 is 5.73 Å². The van der Waals surface area contributed by atoms with Crippen LogP contribution in [0, 0.1) is 5.82 Å². The number of carbonyl (C=O) groups excluding carboxylic acids is 1. The zero-order valence-electron chi connectivity index (χ0n) is 16.2. The Bertz CT molecular complexity index is 1290. The molecule has 0 aliphatic carbocycles. The van der Waals surface area contributed by atoms with E-state index in [0.29, 0.717) is 31.0 Å². The van der Waals surface area contributed by atoms with E-state index in [4.69, 9.17) is 5.73 Å². The summed E-state index contributed by atoms with van der Waals surface area (Å²) in [5.74, 6) is -0.378. The lowest BCUT2D eigenvalue weighted by molar-refractivity contribution is 0.207. The van der Waals surface area contributed by atoms with Gasteiger partial charge in [0.25, 0.3) is 0 Å². The molecule has 0 saturated heterocycles. The van der Waals surface area contributed by atoms with Crippen molar-refractivity contribution in [3.8, 4) is 28.4 Å². The summed E-state index contributed by atoms with van der Waals surface area (Å²) in [6, 6.07) is 8.07. The number of nitrogens with two attached hydrogens (primary N) is 1. The number of H-pyrrole nitrogens is 2. The number of rotatable bonds is 3. The van der Waals surface area contributed by atoms with E-state index in [2.05, 4.69) is 20.2 Å². The molecule has 2 amide bonds. The number of aryl methyl sites for hydroxylation is 1. The molecule has 4 aromatic rings. The predicted octanol–water partition coefficient (Wildman–Crippen LogP) is 3.42. The van der Waals surface area contributed by atoms with E-state index < -0.39 is 11.8 Å². The van der Waals surface area contributed by atoms with Crippen molar-refractivity contribution in [1.29, 1.82) is 0 Å². The van der Waals surface area contributed by atoms with Crippen LogP contribution in [0.4, 0.5) is 9.18 Å². The molecule has 5 N–H and O–H groups in total. The smallest absolute Gasteiger partial charge is 0.315 e. The van der Waals surface area contributed by atoms with E-state index in [1.807, 2.05) is 25.1 Å². The number of carbonyl (C=O) groups is 1. The zero-order valence-corrected chi connectivity index (χ0v) is 16.2. The molecule has 152 valence electrons. The normalized spacial score (nSPS) is 13.2. The molecule has 3 heterocycles. The van der Waals surface area contributed by atoms with Gasteiger partial charge in [0.1, 0.15) is 5.69 Å². The molecule has 5 rings (SSSR count). The van der Waals surface area contributed by atoms with Crippen LogP contribution >= 0.6 is 0 Å². The van der Waals surface area contributed by atoms with E-state index in [1.54, 1.807) is 0 Å². The highest BCUT2D eigenvalue weighted by atomic mass is 19.1. The van der Waals surface area contributed by atoms with Crippen LogP contribution in [-0.4, -0.2) is 36.2 Å². The van der Waals surface area contributed by atoms with Crippen molar-refractivity contribution < 1.29 is 14.3 Å². The van der Waals surface area contributed by atoms with E-state index in [-0.39, 0.29) is 5.75 Å². The number of phenolic OH excluding ortho intramolecular Hbond substituents is 1. The lowest BCUT2D eigenvalue weighted by Crippen LogP contribution is -2.31. The molecule has 0 atom stereocenters. The number of amides is 2. The van der Waals surface area contributed by atoms with Crippen molar-refractivity contribution in [2.45, 2.75) is 26.4 Å². The van der Waals surface area contributed by atoms with Crippen LogP contribution in [-0.2, 0) is 19.5 Å². The number of aromatic nitrogens is 4. The third-order valence-electron chi connectivity index (χ3n) is 5.52. The Labute approximate surface area is 170 Å². The Morgan fingerprint density at radius 3 is 2.87 bits per heavy atom. The lowest BCUT2D eigenvalue weighted by Gasteiger charge is -2.10. The van der Waals surface area contributed by atoms with Crippen LogP contribution in [0.15, 0.2) is 30.3 Å². The highest BCUT2D eigenvalue weighted by Gasteiger charge is 2.26. The Balaban J connectivity index is 1.53. The number of hydrogen-bond donors (Lipinski definition) is 4. The van der Waals surface area contributed by atoms with Crippen molar-refractivity contribution in [1.82, 2.24) is 25.1 Å². The largest absolute Gasteiger partial charge is 0.505 e. The van der Waals surface area contributed by atoms with E-state index in [1.165, 1.54) is 17.0 Å².